The predicted molar refractivity (Wildman–Crippen MR) is 76.1 cm³/mol. The van der Waals surface area contributed by atoms with Crippen molar-refractivity contribution in [3.63, 3.8) is 0 Å². The van der Waals surface area contributed by atoms with Crippen LogP contribution in [0.15, 0.2) is 25.6 Å². The van der Waals surface area contributed by atoms with E-state index in [2.05, 4.69) is 47.8 Å². The minimum atomic E-state index is -0.611. The molecule has 17 heavy (non-hydrogen) atoms. The van der Waals surface area contributed by atoms with E-state index in [4.69, 9.17) is 0 Å². The van der Waals surface area contributed by atoms with Gasteiger partial charge in [-0.25, -0.2) is 0 Å². The second-order valence-electron chi connectivity index (χ2n) is 4.00. The van der Waals surface area contributed by atoms with Gasteiger partial charge in [0.25, 0.3) is 0 Å². The van der Waals surface area contributed by atoms with Gasteiger partial charge in [0.15, 0.2) is 0 Å². The Morgan fingerprint density at radius 2 is 1.41 bits per heavy atom. The van der Waals surface area contributed by atoms with Gasteiger partial charge in [0, 0.05) is 26.3 Å². The third kappa shape index (κ3) is 2.71. The smallest absolute Gasteiger partial charge is 0.147 e. The molecule has 2 rings (SSSR count). The van der Waals surface area contributed by atoms with E-state index in [0.717, 1.165) is 19.0 Å². The third-order valence-electron chi connectivity index (χ3n) is 2.82. The Bertz CT molecular complexity index is 458. The monoisotopic (exact) mass is 422 g/mol. The molecule has 0 N–H and O–H groups in total. The van der Waals surface area contributed by atoms with Crippen LogP contribution in [-0.4, -0.2) is 11.6 Å². The molecule has 1 aromatic carbocycles. The van der Waals surface area contributed by atoms with Crippen LogP contribution in [0.1, 0.15) is 30.7 Å². The average molecular weight is 425 g/mol. The number of Topliss-reactive ketones (excluding diaryl/α,β-unsaturated/α-hetero) is 2. The van der Waals surface area contributed by atoms with Gasteiger partial charge in [-0.15, -0.1) is 0 Å². The van der Waals surface area contributed by atoms with Crippen molar-refractivity contribution in [3.05, 3.63) is 31.1 Å². The molecule has 1 saturated carbocycles. The first kappa shape index (κ1) is 13.4. The predicted octanol–water partition coefficient (Wildman–Crippen LogP) is 4.38. The van der Waals surface area contributed by atoms with E-state index in [-0.39, 0.29) is 11.6 Å². The number of hydrogen-bond acceptors (Lipinski definition) is 2. The average Bonchev–Trinajstić information content (AvgIpc) is 2.21. The second kappa shape index (κ2) is 5.33. The van der Waals surface area contributed by atoms with Crippen molar-refractivity contribution in [1.82, 2.24) is 0 Å². The molecule has 0 heterocycles. The molecule has 0 spiro atoms. The molecule has 0 saturated heterocycles. The lowest BCUT2D eigenvalue weighted by Crippen LogP contribution is -2.27. The maximum Gasteiger partial charge on any atom is 0.147 e. The van der Waals surface area contributed by atoms with Crippen molar-refractivity contribution in [1.29, 1.82) is 0 Å². The van der Waals surface area contributed by atoms with Gasteiger partial charge in [-0.1, -0.05) is 47.8 Å². The summed E-state index contributed by atoms with van der Waals surface area (Å²) in [5.74, 6) is -0.574. The Kier molecular flexibility index (Phi) is 4.21. The van der Waals surface area contributed by atoms with Crippen LogP contribution >= 0.6 is 47.8 Å². The zero-order valence-corrected chi connectivity index (χ0v) is 13.6. The number of carbonyl (C=O) groups is 2. The van der Waals surface area contributed by atoms with Crippen LogP contribution in [0.5, 0.6) is 0 Å². The molecule has 1 fully saturated rings. The molecular weight excluding hydrogens is 416 g/mol. The lowest BCUT2D eigenvalue weighted by Gasteiger charge is -2.22. The Labute approximate surface area is 125 Å². The van der Waals surface area contributed by atoms with E-state index < -0.39 is 5.92 Å². The highest BCUT2D eigenvalue weighted by molar-refractivity contribution is 9.11. The zero-order valence-electron chi connectivity index (χ0n) is 8.80. The summed E-state index contributed by atoms with van der Waals surface area (Å²) in [4.78, 5) is 23.8. The highest BCUT2D eigenvalue weighted by atomic mass is 79.9. The molecule has 1 aliphatic rings. The summed E-state index contributed by atoms with van der Waals surface area (Å²) >= 11 is 10.2. The Hall–Kier alpha value is -0.000000000000000111. The summed E-state index contributed by atoms with van der Waals surface area (Å²) in [6, 6.07) is 3.71. The number of ketones is 2. The number of carbonyl (C=O) groups excluding carboxylic acids is 2. The van der Waals surface area contributed by atoms with Gasteiger partial charge in [0.05, 0.1) is 0 Å². The van der Waals surface area contributed by atoms with Crippen LogP contribution < -0.4 is 0 Å². The Morgan fingerprint density at radius 1 is 0.941 bits per heavy atom. The van der Waals surface area contributed by atoms with Crippen LogP contribution in [0, 0.1) is 0 Å². The van der Waals surface area contributed by atoms with E-state index in [0.29, 0.717) is 19.3 Å². The zero-order chi connectivity index (χ0) is 12.6. The first-order valence-electron chi connectivity index (χ1n) is 5.20. The molecule has 0 aliphatic heterocycles. The topological polar surface area (TPSA) is 34.1 Å². The third-order valence-corrected chi connectivity index (χ3v) is 4.59. The highest BCUT2D eigenvalue weighted by Gasteiger charge is 2.34. The molecule has 0 amide bonds. The first-order chi connectivity index (χ1) is 8.00. The molecule has 5 heteroatoms. The van der Waals surface area contributed by atoms with Crippen LogP contribution in [0.4, 0.5) is 0 Å². The van der Waals surface area contributed by atoms with Gasteiger partial charge in [-0.05, 0) is 24.1 Å². The van der Waals surface area contributed by atoms with Crippen LogP contribution in [0.2, 0.25) is 0 Å². The van der Waals surface area contributed by atoms with Crippen LogP contribution in [0.3, 0.4) is 0 Å². The second-order valence-corrected chi connectivity index (χ2v) is 6.63. The van der Waals surface area contributed by atoms with Gasteiger partial charge in [0.2, 0.25) is 0 Å². The number of halogens is 3. The van der Waals surface area contributed by atoms with E-state index in [9.17, 15) is 9.59 Å². The molecule has 90 valence electrons. The minimum absolute atomic E-state index is 0.0185. The Morgan fingerprint density at radius 3 is 1.88 bits per heavy atom. The molecule has 1 aliphatic carbocycles. The fraction of sp³-hybridized carbons (Fsp3) is 0.333. The van der Waals surface area contributed by atoms with E-state index in [1.165, 1.54) is 0 Å². The molecule has 0 bridgehead atoms. The number of rotatable bonds is 1. The fourth-order valence-electron chi connectivity index (χ4n) is 2.06. The van der Waals surface area contributed by atoms with Gasteiger partial charge in [0.1, 0.15) is 17.5 Å². The van der Waals surface area contributed by atoms with Crippen molar-refractivity contribution in [2.24, 2.45) is 0 Å². The first-order valence-corrected chi connectivity index (χ1v) is 7.58. The lowest BCUT2D eigenvalue weighted by molar-refractivity contribution is -0.131. The summed E-state index contributed by atoms with van der Waals surface area (Å²) in [6.07, 6.45) is 1.66. The quantitative estimate of drug-likeness (QED) is 0.627. The van der Waals surface area contributed by atoms with Gasteiger partial charge >= 0.3 is 0 Å². The molecule has 1 aromatic rings. The van der Waals surface area contributed by atoms with E-state index in [1.54, 1.807) is 0 Å². The summed E-state index contributed by atoms with van der Waals surface area (Å²) < 4.78 is 2.47. The maximum absolute atomic E-state index is 11.9. The fourth-order valence-corrected chi connectivity index (χ4v) is 4.77. The molecule has 0 unspecified atom stereocenters. The maximum atomic E-state index is 11.9. The SMILES string of the molecule is O=C1CCCC(=O)C1c1c(Br)cc(Br)cc1Br. The summed E-state index contributed by atoms with van der Waals surface area (Å²) in [7, 11) is 0. The Balaban J connectivity index is 2.52. The normalized spacial score (nSPS) is 17.6. The summed E-state index contributed by atoms with van der Waals surface area (Å²) in [5.41, 5.74) is 0.753. The summed E-state index contributed by atoms with van der Waals surface area (Å²) in [5, 5.41) is 0. The molecular formula is C12H9Br3O2. The lowest BCUT2D eigenvalue weighted by atomic mass is 9.82. The molecule has 0 aromatic heterocycles. The van der Waals surface area contributed by atoms with Crippen LogP contribution in [0.25, 0.3) is 0 Å². The van der Waals surface area contributed by atoms with Gasteiger partial charge in [-0.2, -0.15) is 0 Å². The van der Waals surface area contributed by atoms with Crippen molar-refractivity contribution in [2.45, 2.75) is 25.2 Å². The van der Waals surface area contributed by atoms with E-state index in [1.807, 2.05) is 12.1 Å². The van der Waals surface area contributed by atoms with Gasteiger partial charge in [-0.3, -0.25) is 9.59 Å². The standard InChI is InChI=1S/C12H9Br3O2/c13-6-4-7(14)11(8(15)5-6)12-9(16)2-1-3-10(12)17/h4-5,12H,1-3H2. The van der Waals surface area contributed by atoms with Crippen LogP contribution in [-0.2, 0) is 9.59 Å². The van der Waals surface area contributed by atoms with Gasteiger partial charge < -0.3 is 0 Å². The van der Waals surface area contributed by atoms with E-state index >= 15 is 0 Å². The number of hydrogen-bond donors (Lipinski definition) is 0. The molecule has 0 radical (unpaired) electrons. The summed E-state index contributed by atoms with van der Waals surface area (Å²) in [6.45, 7) is 0. The van der Waals surface area contributed by atoms with Crippen molar-refractivity contribution in [2.75, 3.05) is 0 Å². The molecule has 0 atom stereocenters. The van der Waals surface area contributed by atoms with Crippen molar-refractivity contribution < 1.29 is 9.59 Å². The molecule has 2 nitrogen and oxygen atoms in total. The number of benzene rings is 1. The minimum Gasteiger partial charge on any atom is -0.299 e. The largest absolute Gasteiger partial charge is 0.299 e. The van der Waals surface area contributed by atoms with Crippen molar-refractivity contribution >= 4 is 59.4 Å². The highest BCUT2D eigenvalue weighted by Crippen LogP contribution is 2.38. The van der Waals surface area contributed by atoms with Crippen molar-refractivity contribution in [3.8, 4) is 0 Å².